The summed E-state index contributed by atoms with van der Waals surface area (Å²) in [6.45, 7) is 3.76. The van der Waals surface area contributed by atoms with Crippen LogP contribution >= 0.6 is 15.9 Å². The van der Waals surface area contributed by atoms with Gasteiger partial charge in [0, 0.05) is 22.6 Å². The zero-order chi connectivity index (χ0) is 16.2. The molecule has 1 aliphatic carbocycles. The van der Waals surface area contributed by atoms with Crippen LogP contribution in [0.2, 0.25) is 0 Å². The van der Waals surface area contributed by atoms with Gasteiger partial charge in [-0.2, -0.15) is 0 Å². The molecule has 1 saturated carbocycles. The van der Waals surface area contributed by atoms with E-state index in [1.54, 1.807) is 0 Å². The lowest BCUT2D eigenvalue weighted by Gasteiger charge is -2.11. The average Bonchev–Trinajstić information content (AvgIpc) is 3.35. The lowest BCUT2D eigenvalue weighted by molar-refractivity contribution is -0.117. The van der Waals surface area contributed by atoms with Crippen molar-refractivity contribution in [1.82, 2.24) is 5.32 Å². The summed E-state index contributed by atoms with van der Waals surface area (Å²) in [7, 11) is 0. The lowest BCUT2D eigenvalue weighted by Crippen LogP contribution is -2.18. The van der Waals surface area contributed by atoms with E-state index < -0.39 is 0 Å². The molecule has 3 nitrogen and oxygen atoms in total. The fraction of sp³-hybridized carbons (Fsp3) is 0.316. The second kappa shape index (κ2) is 7.28. The lowest BCUT2D eigenvalue weighted by atomic mass is 10.1. The summed E-state index contributed by atoms with van der Waals surface area (Å²) in [5.41, 5.74) is 3.28. The van der Waals surface area contributed by atoms with Crippen LogP contribution in [0.15, 0.2) is 53.0 Å². The van der Waals surface area contributed by atoms with Crippen molar-refractivity contribution in [3.05, 3.63) is 64.1 Å². The van der Waals surface area contributed by atoms with Gasteiger partial charge in [0.25, 0.3) is 0 Å². The molecule has 2 aromatic rings. The van der Waals surface area contributed by atoms with Gasteiger partial charge in [0.15, 0.2) is 0 Å². The second-order valence-corrected chi connectivity index (χ2v) is 6.85. The zero-order valence-electron chi connectivity index (χ0n) is 13.2. The number of hydrogen-bond acceptors (Lipinski definition) is 2. The Morgan fingerprint density at radius 3 is 2.83 bits per heavy atom. The van der Waals surface area contributed by atoms with Crippen LogP contribution in [0.25, 0.3) is 0 Å². The molecule has 1 fully saturated rings. The van der Waals surface area contributed by atoms with E-state index in [4.69, 9.17) is 0 Å². The highest BCUT2D eigenvalue weighted by atomic mass is 79.9. The molecule has 0 bridgehead atoms. The van der Waals surface area contributed by atoms with Gasteiger partial charge in [-0.15, -0.1) is 0 Å². The molecule has 1 aliphatic rings. The molecule has 0 spiro atoms. The number of halogens is 1. The Morgan fingerprint density at radius 1 is 1.22 bits per heavy atom. The third-order valence-electron chi connectivity index (χ3n) is 4.24. The fourth-order valence-corrected chi connectivity index (χ4v) is 3.29. The molecular weight excluding hydrogens is 352 g/mol. The van der Waals surface area contributed by atoms with E-state index in [2.05, 4.69) is 51.7 Å². The first kappa shape index (κ1) is 16.2. The van der Waals surface area contributed by atoms with Crippen molar-refractivity contribution in [2.45, 2.75) is 25.8 Å². The van der Waals surface area contributed by atoms with Crippen molar-refractivity contribution in [2.75, 3.05) is 11.9 Å². The third kappa shape index (κ3) is 4.01. The molecule has 2 atom stereocenters. The van der Waals surface area contributed by atoms with Gasteiger partial charge in [-0.3, -0.25) is 4.79 Å². The molecule has 2 N–H and O–H groups in total. The summed E-state index contributed by atoms with van der Waals surface area (Å²) in [6.07, 6.45) is 0.928. The predicted molar refractivity (Wildman–Crippen MR) is 97.4 cm³/mol. The SMILES string of the molecule is CCNCc1ccccc1NC(=O)C1CC1c1cccc(Br)c1. The van der Waals surface area contributed by atoms with Crippen LogP contribution < -0.4 is 10.6 Å². The van der Waals surface area contributed by atoms with Crippen molar-refractivity contribution < 1.29 is 4.79 Å². The van der Waals surface area contributed by atoms with E-state index in [0.717, 1.165) is 35.2 Å². The average molecular weight is 373 g/mol. The molecule has 0 aromatic heterocycles. The maximum atomic E-state index is 12.5. The minimum absolute atomic E-state index is 0.0801. The van der Waals surface area contributed by atoms with Crippen molar-refractivity contribution in [1.29, 1.82) is 0 Å². The van der Waals surface area contributed by atoms with Crippen LogP contribution in [0.3, 0.4) is 0 Å². The van der Waals surface area contributed by atoms with Crippen LogP contribution in [0.1, 0.15) is 30.4 Å². The van der Waals surface area contributed by atoms with Gasteiger partial charge in [0.2, 0.25) is 5.91 Å². The summed E-state index contributed by atoms with van der Waals surface area (Å²) < 4.78 is 1.07. The van der Waals surface area contributed by atoms with E-state index >= 15 is 0 Å². The minimum atomic E-state index is 0.0801. The van der Waals surface area contributed by atoms with Crippen LogP contribution in [-0.4, -0.2) is 12.5 Å². The van der Waals surface area contributed by atoms with Gasteiger partial charge in [0.1, 0.15) is 0 Å². The predicted octanol–water partition coefficient (Wildman–Crippen LogP) is 4.30. The summed E-state index contributed by atoms with van der Waals surface area (Å²) in [5, 5.41) is 6.41. The van der Waals surface area contributed by atoms with Gasteiger partial charge in [-0.1, -0.05) is 53.2 Å². The Labute approximate surface area is 145 Å². The van der Waals surface area contributed by atoms with Crippen LogP contribution in [-0.2, 0) is 11.3 Å². The number of nitrogens with one attached hydrogen (secondary N) is 2. The Hall–Kier alpha value is -1.65. The first-order chi connectivity index (χ1) is 11.2. The maximum absolute atomic E-state index is 12.5. The molecular formula is C19H21BrN2O. The Kier molecular flexibility index (Phi) is 5.13. The number of para-hydroxylation sites is 1. The largest absolute Gasteiger partial charge is 0.326 e. The van der Waals surface area contributed by atoms with Gasteiger partial charge in [-0.05, 0) is 48.2 Å². The Morgan fingerprint density at radius 2 is 2.04 bits per heavy atom. The summed E-state index contributed by atoms with van der Waals surface area (Å²) in [5.74, 6) is 0.545. The van der Waals surface area contributed by atoms with Crippen molar-refractivity contribution in [2.24, 2.45) is 5.92 Å². The van der Waals surface area contributed by atoms with Crippen LogP contribution in [0.5, 0.6) is 0 Å². The molecule has 0 saturated heterocycles. The quantitative estimate of drug-likeness (QED) is 0.793. The molecule has 120 valence electrons. The highest BCUT2D eigenvalue weighted by molar-refractivity contribution is 9.10. The number of benzene rings is 2. The first-order valence-electron chi connectivity index (χ1n) is 8.04. The highest BCUT2D eigenvalue weighted by Crippen LogP contribution is 2.48. The molecule has 0 aliphatic heterocycles. The first-order valence-corrected chi connectivity index (χ1v) is 8.83. The highest BCUT2D eigenvalue weighted by Gasteiger charge is 2.44. The molecule has 0 heterocycles. The summed E-state index contributed by atoms with van der Waals surface area (Å²) in [4.78, 5) is 12.5. The molecule has 2 aromatic carbocycles. The summed E-state index contributed by atoms with van der Waals surface area (Å²) in [6, 6.07) is 16.2. The minimum Gasteiger partial charge on any atom is -0.326 e. The number of hydrogen-bond donors (Lipinski definition) is 2. The number of carbonyl (C=O) groups excluding carboxylic acids is 1. The van der Waals surface area contributed by atoms with E-state index in [-0.39, 0.29) is 11.8 Å². The monoisotopic (exact) mass is 372 g/mol. The van der Waals surface area contributed by atoms with Gasteiger partial charge in [0.05, 0.1) is 0 Å². The fourth-order valence-electron chi connectivity index (χ4n) is 2.87. The van der Waals surface area contributed by atoms with Gasteiger partial charge in [-0.25, -0.2) is 0 Å². The molecule has 23 heavy (non-hydrogen) atoms. The normalized spacial score (nSPS) is 19.4. The van der Waals surface area contributed by atoms with Crippen LogP contribution in [0, 0.1) is 5.92 Å². The molecule has 4 heteroatoms. The van der Waals surface area contributed by atoms with Gasteiger partial charge >= 0.3 is 0 Å². The molecule has 3 rings (SSSR count). The molecule has 0 radical (unpaired) electrons. The van der Waals surface area contributed by atoms with E-state index in [9.17, 15) is 4.79 Å². The zero-order valence-corrected chi connectivity index (χ0v) is 14.8. The topological polar surface area (TPSA) is 41.1 Å². The summed E-state index contributed by atoms with van der Waals surface area (Å²) >= 11 is 3.50. The standard InChI is InChI=1S/C19H21BrN2O/c1-2-21-12-14-6-3-4-9-18(14)22-19(23)17-11-16(17)13-7-5-8-15(20)10-13/h3-10,16-17,21H,2,11-12H2,1H3,(H,22,23). The molecule has 1 amide bonds. The number of carbonyl (C=O) groups is 1. The van der Waals surface area contributed by atoms with Crippen LogP contribution in [0.4, 0.5) is 5.69 Å². The van der Waals surface area contributed by atoms with Gasteiger partial charge < -0.3 is 10.6 Å². The Balaban J connectivity index is 1.65. The number of anilines is 1. The smallest absolute Gasteiger partial charge is 0.228 e. The van der Waals surface area contributed by atoms with Crippen molar-refractivity contribution in [3.8, 4) is 0 Å². The van der Waals surface area contributed by atoms with E-state index in [1.807, 2.05) is 30.3 Å². The number of amides is 1. The Bertz CT molecular complexity index is 701. The van der Waals surface area contributed by atoms with E-state index in [0.29, 0.717) is 5.92 Å². The number of rotatable bonds is 6. The third-order valence-corrected chi connectivity index (χ3v) is 4.74. The van der Waals surface area contributed by atoms with Crippen molar-refractivity contribution >= 4 is 27.5 Å². The maximum Gasteiger partial charge on any atom is 0.228 e. The molecule has 2 unspecified atom stereocenters. The van der Waals surface area contributed by atoms with Crippen molar-refractivity contribution in [3.63, 3.8) is 0 Å². The van der Waals surface area contributed by atoms with E-state index in [1.165, 1.54) is 5.56 Å². The second-order valence-electron chi connectivity index (χ2n) is 5.93.